The van der Waals surface area contributed by atoms with E-state index in [1.807, 2.05) is 0 Å². The maximum absolute atomic E-state index is 9.15. The van der Waals surface area contributed by atoms with Crippen LogP contribution in [-0.4, -0.2) is 35.7 Å². The fraction of sp³-hybridized carbons (Fsp3) is 1.00. The van der Waals surface area contributed by atoms with Gasteiger partial charge in [0.15, 0.2) is 0 Å². The Morgan fingerprint density at radius 3 is 2.25 bits per heavy atom. The van der Waals surface area contributed by atoms with Crippen molar-refractivity contribution in [3.63, 3.8) is 0 Å². The van der Waals surface area contributed by atoms with Gasteiger partial charge in [-0.2, -0.15) is 0 Å². The number of piperidine rings is 1. The highest BCUT2D eigenvalue weighted by Crippen LogP contribution is 2.33. The van der Waals surface area contributed by atoms with E-state index < -0.39 is 0 Å². The van der Waals surface area contributed by atoms with E-state index in [1.165, 1.54) is 45.2 Å². The number of nitrogens with zero attached hydrogens (tertiary/aromatic N) is 1. The van der Waals surface area contributed by atoms with Crippen molar-refractivity contribution in [3.8, 4) is 0 Å². The SMILES string of the molecule is CC1CCC(N2CCC(CO)CC2)CC1C. The van der Waals surface area contributed by atoms with Crippen molar-refractivity contribution in [2.24, 2.45) is 17.8 Å². The first-order chi connectivity index (χ1) is 7.70. The van der Waals surface area contributed by atoms with Gasteiger partial charge in [-0.15, -0.1) is 0 Å². The Hall–Kier alpha value is -0.0800. The van der Waals surface area contributed by atoms with E-state index in [9.17, 15) is 0 Å². The van der Waals surface area contributed by atoms with Gasteiger partial charge in [0.25, 0.3) is 0 Å². The molecule has 1 saturated heterocycles. The van der Waals surface area contributed by atoms with Crippen LogP contribution in [0, 0.1) is 17.8 Å². The van der Waals surface area contributed by atoms with Crippen molar-refractivity contribution >= 4 is 0 Å². The predicted molar refractivity (Wildman–Crippen MR) is 67.3 cm³/mol. The van der Waals surface area contributed by atoms with Crippen molar-refractivity contribution in [2.75, 3.05) is 19.7 Å². The van der Waals surface area contributed by atoms with Crippen LogP contribution in [0.5, 0.6) is 0 Å². The maximum Gasteiger partial charge on any atom is 0.0460 e. The predicted octanol–water partition coefficient (Wildman–Crippen LogP) is 2.52. The molecular formula is C14H27NO. The van der Waals surface area contributed by atoms with Crippen molar-refractivity contribution in [1.29, 1.82) is 0 Å². The summed E-state index contributed by atoms with van der Waals surface area (Å²) in [6.45, 7) is 7.65. The zero-order valence-corrected chi connectivity index (χ0v) is 10.9. The van der Waals surface area contributed by atoms with Crippen LogP contribution in [0.15, 0.2) is 0 Å². The van der Waals surface area contributed by atoms with Crippen LogP contribution in [0.25, 0.3) is 0 Å². The molecule has 1 saturated carbocycles. The summed E-state index contributed by atoms with van der Waals surface area (Å²) in [6.07, 6.45) is 6.61. The van der Waals surface area contributed by atoms with Crippen LogP contribution in [-0.2, 0) is 0 Å². The van der Waals surface area contributed by atoms with Crippen LogP contribution in [0.3, 0.4) is 0 Å². The number of hydrogen-bond donors (Lipinski definition) is 1. The normalized spacial score (nSPS) is 38.8. The second kappa shape index (κ2) is 5.50. The lowest BCUT2D eigenvalue weighted by Gasteiger charge is -2.42. The molecule has 94 valence electrons. The van der Waals surface area contributed by atoms with Gasteiger partial charge in [-0.25, -0.2) is 0 Å². The van der Waals surface area contributed by atoms with Crippen LogP contribution in [0.4, 0.5) is 0 Å². The zero-order valence-electron chi connectivity index (χ0n) is 10.9. The molecule has 0 spiro atoms. The molecule has 3 atom stereocenters. The van der Waals surface area contributed by atoms with Gasteiger partial charge in [0.2, 0.25) is 0 Å². The Labute approximate surface area is 100 Å². The molecule has 0 bridgehead atoms. The van der Waals surface area contributed by atoms with Crippen LogP contribution in [0.2, 0.25) is 0 Å². The average Bonchev–Trinajstić information content (AvgIpc) is 2.33. The summed E-state index contributed by atoms with van der Waals surface area (Å²) >= 11 is 0. The minimum atomic E-state index is 0.395. The third-order valence-corrected chi connectivity index (χ3v) is 4.99. The topological polar surface area (TPSA) is 23.5 Å². The largest absolute Gasteiger partial charge is 0.396 e. The monoisotopic (exact) mass is 225 g/mol. The number of aliphatic hydroxyl groups excluding tert-OH is 1. The lowest BCUT2D eigenvalue weighted by atomic mass is 9.78. The second-order valence-corrected chi connectivity index (χ2v) is 6.08. The summed E-state index contributed by atoms with van der Waals surface area (Å²) in [4.78, 5) is 2.69. The standard InChI is InChI=1S/C14H27NO/c1-11-3-4-14(9-12(11)2)15-7-5-13(10-16)6-8-15/h11-14,16H,3-10H2,1-2H3. The quantitative estimate of drug-likeness (QED) is 0.780. The van der Waals surface area contributed by atoms with Gasteiger partial charge in [0, 0.05) is 12.6 Å². The zero-order chi connectivity index (χ0) is 11.5. The molecule has 1 N–H and O–H groups in total. The Kier molecular flexibility index (Phi) is 4.26. The molecule has 1 heterocycles. The number of hydrogen-bond acceptors (Lipinski definition) is 2. The molecule has 0 amide bonds. The van der Waals surface area contributed by atoms with Gasteiger partial charge in [-0.3, -0.25) is 0 Å². The maximum atomic E-state index is 9.15. The van der Waals surface area contributed by atoms with Crippen LogP contribution < -0.4 is 0 Å². The Morgan fingerprint density at radius 1 is 1.00 bits per heavy atom. The fourth-order valence-electron chi connectivity index (χ4n) is 3.35. The Bertz CT molecular complexity index is 211. The Balaban J connectivity index is 1.81. The van der Waals surface area contributed by atoms with E-state index in [0.29, 0.717) is 12.5 Å². The smallest absolute Gasteiger partial charge is 0.0460 e. The number of rotatable bonds is 2. The Morgan fingerprint density at radius 2 is 1.69 bits per heavy atom. The molecule has 2 fully saturated rings. The van der Waals surface area contributed by atoms with Gasteiger partial charge < -0.3 is 10.0 Å². The van der Waals surface area contributed by atoms with Crippen molar-refractivity contribution in [2.45, 2.75) is 52.0 Å². The fourth-order valence-corrected chi connectivity index (χ4v) is 3.35. The van der Waals surface area contributed by atoms with E-state index in [1.54, 1.807) is 0 Å². The molecular weight excluding hydrogens is 198 g/mol. The number of likely N-dealkylation sites (tertiary alicyclic amines) is 1. The van der Waals surface area contributed by atoms with Gasteiger partial charge in [0.1, 0.15) is 0 Å². The molecule has 2 heteroatoms. The molecule has 0 aromatic rings. The first-order valence-electron chi connectivity index (χ1n) is 7.05. The number of aliphatic hydroxyl groups is 1. The molecule has 0 aromatic carbocycles. The molecule has 2 rings (SSSR count). The molecule has 2 aliphatic rings. The summed E-state index contributed by atoms with van der Waals surface area (Å²) in [6, 6.07) is 0.839. The van der Waals surface area contributed by atoms with E-state index in [4.69, 9.17) is 5.11 Å². The van der Waals surface area contributed by atoms with Crippen LogP contribution >= 0.6 is 0 Å². The van der Waals surface area contributed by atoms with Crippen molar-refractivity contribution in [3.05, 3.63) is 0 Å². The summed E-state index contributed by atoms with van der Waals surface area (Å²) in [7, 11) is 0. The first-order valence-corrected chi connectivity index (χ1v) is 7.05. The minimum absolute atomic E-state index is 0.395. The molecule has 0 aromatic heterocycles. The van der Waals surface area contributed by atoms with E-state index >= 15 is 0 Å². The summed E-state index contributed by atoms with van der Waals surface area (Å²) in [5, 5.41) is 9.15. The van der Waals surface area contributed by atoms with Gasteiger partial charge in [-0.1, -0.05) is 13.8 Å². The average molecular weight is 225 g/mol. The highest BCUT2D eigenvalue weighted by molar-refractivity contribution is 4.84. The first kappa shape index (κ1) is 12.4. The lowest BCUT2D eigenvalue weighted by Crippen LogP contribution is -2.45. The highest BCUT2D eigenvalue weighted by atomic mass is 16.3. The summed E-state index contributed by atoms with van der Waals surface area (Å²) in [5.41, 5.74) is 0. The van der Waals surface area contributed by atoms with Gasteiger partial charge in [-0.05, 0) is 62.9 Å². The van der Waals surface area contributed by atoms with Gasteiger partial charge >= 0.3 is 0 Å². The lowest BCUT2D eigenvalue weighted by molar-refractivity contribution is 0.0618. The third-order valence-electron chi connectivity index (χ3n) is 4.99. The highest BCUT2D eigenvalue weighted by Gasteiger charge is 2.30. The molecule has 16 heavy (non-hydrogen) atoms. The van der Waals surface area contributed by atoms with Crippen molar-refractivity contribution < 1.29 is 5.11 Å². The molecule has 0 radical (unpaired) electrons. The minimum Gasteiger partial charge on any atom is -0.396 e. The molecule has 1 aliphatic carbocycles. The van der Waals surface area contributed by atoms with E-state index in [0.717, 1.165) is 17.9 Å². The summed E-state index contributed by atoms with van der Waals surface area (Å²) < 4.78 is 0. The molecule has 2 nitrogen and oxygen atoms in total. The molecule has 3 unspecified atom stereocenters. The van der Waals surface area contributed by atoms with Gasteiger partial charge in [0.05, 0.1) is 0 Å². The van der Waals surface area contributed by atoms with E-state index in [-0.39, 0.29) is 0 Å². The van der Waals surface area contributed by atoms with E-state index in [2.05, 4.69) is 18.7 Å². The third kappa shape index (κ3) is 2.78. The second-order valence-electron chi connectivity index (χ2n) is 6.08. The summed E-state index contributed by atoms with van der Waals surface area (Å²) in [5.74, 6) is 2.40. The molecule has 1 aliphatic heterocycles. The van der Waals surface area contributed by atoms with Crippen LogP contribution in [0.1, 0.15) is 46.0 Å². The van der Waals surface area contributed by atoms with Crippen molar-refractivity contribution in [1.82, 2.24) is 4.90 Å².